The lowest BCUT2D eigenvalue weighted by atomic mass is 10.2. The van der Waals surface area contributed by atoms with Gasteiger partial charge in [0.25, 0.3) is 5.56 Å². The number of halogens is 1. The summed E-state index contributed by atoms with van der Waals surface area (Å²) >= 11 is 6.35. The van der Waals surface area contributed by atoms with Crippen LogP contribution in [0, 0.1) is 0 Å². The van der Waals surface area contributed by atoms with Crippen molar-refractivity contribution in [1.29, 1.82) is 0 Å². The number of fused-ring (bicyclic) bond motifs is 1. The summed E-state index contributed by atoms with van der Waals surface area (Å²) in [6.07, 6.45) is 7.13. The molecule has 26 heavy (non-hydrogen) atoms. The van der Waals surface area contributed by atoms with Crippen molar-refractivity contribution in [3.05, 3.63) is 99.8 Å². The highest BCUT2D eigenvalue weighted by Crippen LogP contribution is 2.21. The van der Waals surface area contributed by atoms with E-state index in [1.807, 2.05) is 54.6 Å². The number of pyridine rings is 1. The Hall–Kier alpha value is -3.24. The van der Waals surface area contributed by atoms with Gasteiger partial charge in [-0.25, -0.2) is 4.98 Å². The second kappa shape index (κ2) is 6.94. The molecule has 0 saturated carbocycles. The van der Waals surface area contributed by atoms with Crippen LogP contribution in [0.25, 0.3) is 28.7 Å². The van der Waals surface area contributed by atoms with Crippen LogP contribution in [0.1, 0.15) is 11.4 Å². The molecule has 4 rings (SSSR count). The highest BCUT2D eigenvalue weighted by atomic mass is 35.5. The van der Waals surface area contributed by atoms with Crippen LogP contribution >= 0.6 is 11.6 Å². The molecule has 0 unspecified atom stereocenters. The van der Waals surface area contributed by atoms with Crippen LogP contribution in [0.2, 0.25) is 5.02 Å². The average Bonchev–Trinajstić information content (AvgIpc) is 2.68. The Kier molecular flexibility index (Phi) is 4.33. The number of aromatic nitrogens is 3. The molecule has 0 radical (unpaired) electrons. The first kappa shape index (κ1) is 16.2. The molecular formula is C21H14ClN3O. The molecule has 2 heterocycles. The Morgan fingerprint density at radius 3 is 2.54 bits per heavy atom. The van der Waals surface area contributed by atoms with E-state index in [0.717, 1.165) is 5.56 Å². The smallest absolute Gasteiger partial charge is 0.266 e. The van der Waals surface area contributed by atoms with Crippen molar-refractivity contribution in [1.82, 2.24) is 14.5 Å². The fraction of sp³-hybridized carbons (Fsp3) is 0. The van der Waals surface area contributed by atoms with Gasteiger partial charge in [0.15, 0.2) is 0 Å². The van der Waals surface area contributed by atoms with Crippen LogP contribution in [0.5, 0.6) is 0 Å². The number of rotatable bonds is 3. The molecule has 4 aromatic rings. The fourth-order valence-electron chi connectivity index (χ4n) is 2.77. The zero-order valence-corrected chi connectivity index (χ0v) is 14.5. The predicted octanol–water partition coefficient (Wildman–Crippen LogP) is 4.60. The van der Waals surface area contributed by atoms with Gasteiger partial charge in [0.1, 0.15) is 5.82 Å². The second-order valence-electron chi connectivity index (χ2n) is 5.70. The molecule has 0 fully saturated rings. The van der Waals surface area contributed by atoms with Gasteiger partial charge in [0.2, 0.25) is 0 Å². The molecule has 5 heteroatoms. The number of para-hydroxylation sites is 2. The summed E-state index contributed by atoms with van der Waals surface area (Å²) in [6.45, 7) is 0. The zero-order valence-electron chi connectivity index (χ0n) is 13.7. The van der Waals surface area contributed by atoms with Gasteiger partial charge < -0.3 is 0 Å². The quantitative estimate of drug-likeness (QED) is 0.537. The van der Waals surface area contributed by atoms with Crippen molar-refractivity contribution >= 4 is 34.7 Å². The SMILES string of the molecule is O=c1c2ccccc2nc(C=Cc2cccnc2)n1-c1ccccc1Cl. The Morgan fingerprint density at radius 2 is 1.73 bits per heavy atom. The van der Waals surface area contributed by atoms with E-state index in [0.29, 0.717) is 27.4 Å². The van der Waals surface area contributed by atoms with Gasteiger partial charge in [-0.2, -0.15) is 0 Å². The Bertz CT molecular complexity index is 1170. The molecule has 126 valence electrons. The minimum absolute atomic E-state index is 0.158. The topological polar surface area (TPSA) is 47.8 Å². The normalized spacial score (nSPS) is 11.3. The molecule has 0 amide bonds. The molecular weight excluding hydrogens is 346 g/mol. The molecule has 0 aliphatic rings. The number of benzene rings is 2. The molecule has 4 nitrogen and oxygen atoms in total. The number of hydrogen-bond acceptors (Lipinski definition) is 3. The van der Waals surface area contributed by atoms with Gasteiger partial charge in [-0.1, -0.05) is 41.9 Å². The maximum absolute atomic E-state index is 13.1. The Morgan fingerprint density at radius 1 is 0.923 bits per heavy atom. The number of nitrogens with zero attached hydrogens (tertiary/aromatic N) is 3. The summed E-state index contributed by atoms with van der Waals surface area (Å²) in [5, 5.41) is 1.04. The van der Waals surface area contributed by atoms with Crippen molar-refractivity contribution in [2.75, 3.05) is 0 Å². The monoisotopic (exact) mass is 359 g/mol. The van der Waals surface area contributed by atoms with E-state index >= 15 is 0 Å². The summed E-state index contributed by atoms with van der Waals surface area (Å²) in [5.74, 6) is 0.505. The maximum Gasteiger partial charge on any atom is 0.266 e. The molecule has 0 bridgehead atoms. The van der Waals surface area contributed by atoms with Crippen LogP contribution in [0.3, 0.4) is 0 Å². The minimum atomic E-state index is -0.158. The van der Waals surface area contributed by atoms with E-state index in [-0.39, 0.29) is 5.56 Å². The van der Waals surface area contributed by atoms with Crippen molar-refractivity contribution < 1.29 is 0 Å². The third-order valence-electron chi connectivity index (χ3n) is 4.00. The zero-order chi connectivity index (χ0) is 17.9. The van der Waals surface area contributed by atoms with Crippen molar-refractivity contribution in [2.24, 2.45) is 0 Å². The molecule has 0 N–H and O–H groups in total. The van der Waals surface area contributed by atoms with Crippen LogP contribution in [0.4, 0.5) is 0 Å². The first-order valence-electron chi connectivity index (χ1n) is 8.09. The van der Waals surface area contributed by atoms with Crippen LogP contribution in [-0.4, -0.2) is 14.5 Å². The molecule has 0 spiro atoms. The number of hydrogen-bond donors (Lipinski definition) is 0. The van der Waals surface area contributed by atoms with E-state index < -0.39 is 0 Å². The van der Waals surface area contributed by atoms with Crippen molar-refractivity contribution in [3.8, 4) is 5.69 Å². The van der Waals surface area contributed by atoms with Crippen LogP contribution in [0.15, 0.2) is 77.9 Å². The molecule has 2 aromatic carbocycles. The Labute approximate surface area is 155 Å². The first-order chi connectivity index (χ1) is 12.7. The summed E-state index contributed by atoms with van der Waals surface area (Å²) < 4.78 is 1.54. The predicted molar refractivity (Wildman–Crippen MR) is 106 cm³/mol. The standard InChI is InChI=1S/C21H14ClN3O/c22-17-8-2-4-10-19(17)25-20(12-11-15-6-5-13-23-14-15)24-18-9-3-1-7-16(18)21(25)26/h1-14H. The third-order valence-corrected chi connectivity index (χ3v) is 4.32. The molecule has 0 saturated heterocycles. The highest BCUT2D eigenvalue weighted by molar-refractivity contribution is 6.32. The van der Waals surface area contributed by atoms with E-state index in [1.54, 1.807) is 30.6 Å². The molecule has 0 aliphatic heterocycles. The first-order valence-corrected chi connectivity index (χ1v) is 8.46. The summed E-state index contributed by atoms with van der Waals surface area (Å²) in [6, 6.07) is 18.3. The fourth-order valence-corrected chi connectivity index (χ4v) is 2.99. The van der Waals surface area contributed by atoms with E-state index in [4.69, 9.17) is 11.6 Å². The lowest BCUT2D eigenvalue weighted by molar-refractivity contribution is 0.944. The third kappa shape index (κ3) is 3.03. The van der Waals surface area contributed by atoms with Gasteiger partial charge in [-0.05, 0) is 48.0 Å². The largest absolute Gasteiger partial charge is 0.268 e. The van der Waals surface area contributed by atoms with Crippen molar-refractivity contribution in [3.63, 3.8) is 0 Å². The van der Waals surface area contributed by atoms with Gasteiger partial charge in [0.05, 0.1) is 21.6 Å². The molecule has 2 aromatic heterocycles. The Balaban J connectivity index is 1.99. The van der Waals surface area contributed by atoms with E-state index in [9.17, 15) is 4.79 Å². The highest BCUT2D eigenvalue weighted by Gasteiger charge is 2.12. The second-order valence-corrected chi connectivity index (χ2v) is 6.11. The van der Waals surface area contributed by atoms with Crippen LogP contribution < -0.4 is 5.56 Å². The van der Waals surface area contributed by atoms with Gasteiger partial charge in [0, 0.05) is 12.4 Å². The maximum atomic E-state index is 13.1. The van der Waals surface area contributed by atoms with Gasteiger partial charge in [-0.3, -0.25) is 14.3 Å². The summed E-state index contributed by atoms with van der Waals surface area (Å²) in [5.41, 5.74) is 2.00. The van der Waals surface area contributed by atoms with Crippen molar-refractivity contribution in [2.45, 2.75) is 0 Å². The van der Waals surface area contributed by atoms with E-state index in [1.165, 1.54) is 4.57 Å². The molecule has 0 atom stereocenters. The van der Waals surface area contributed by atoms with E-state index in [2.05, 4.69) is 9.97 Å². The lowest BCUT2D eigenvalue weighted by Crippen LogP contribution is -2.22. The summed E-state index contributed by atoms with van der Waals surface area (Å²) in [4.78, 5) is 21.9. The summed E-state index contributed by atoms with van der Waals surface area (Å²) in [7, 11) is 0. The lowest BCUT2D eigenvalue weighted by Gasteiger charge is -2.12. The molecule has 0 aliphatic carbocycles. The average molecular weight is 360 g/mol. The van der Waals surface area contributed by atoms with Crippen LogP contribution in [-0.2, 0) is 0 Å². The van der Waals surface area contributed by atoms with Gasteiger partial charge in [-0.15, -0.1) is 0 Å². The minimum Gasteiger partial charge on any atom is -0.268 e. The van der Waals surface area contributed by atoms with Gasteiger partial charge >= 0.3 is 0 Å².